The molecule has 1 aliphatic rings. The van der Waals surface area contributed by atoms with E-state index in [0.29, 0.717) is 24.2 Å². The number of hydrogen-bond donors (Lipinski definition) is 1. The molecule has 0 amide bonds. The maximum atomic E-state index is 5.93. The number of nitrogens with zero attached hydrogens (tertiary/aromatic N) is 5. The molecule has 1 aliphatic heterocycles. The second kappa shape index (κ2) is 8.81. The van der Waals surface area contributed by atoms with Crippen molar-refractivity contribution in [3.05, 3.63) is 47.8 Å². The van der Waals surface area contributed by atoms with Crippen molar-refractivity contribution >= 4 is 28.4 Å². The average molecular weight is 475 g/mol. The zero-order chi connectivity index (χ0) is 24.7. The van der Waals surface area contributed by atoms with Gasteiger partial charge in [-0.15, -0.1) is 0 Å². The lowest BCUT2D eigenvalue weighted by Gasteiger charge is -2.47. The molecule has 35 heavy (non-hydrogen) atoms. The summed E-state index contributed by atoms with van der Waals surface area (Å²) in [5, 5.41) is 4.28. The number of aryl methyl sites for hydroxylation is 3. The molecule has 1 aromatic carbocycles. The Balaban J connectivity index is 1.49. The van der Waals surface area contributed by atoms with Crippen LogP contribution in [0.15, 0.2) is 34.9 Å². The van der Waals surface area contributed by atoms with Crippen molar-refractivity contribution < 1.29 is 13.9 Å². The Morgan fingerprint density at radius 3 is 2.60 bits per heavy atom. The number of rotatable bonds is 7. The predicted octanol–water partition coefficient (Wildman–Crippen LogP) is 4.97. The van der Waals surface area contributed by atoms with E-state index in [4.69, 9.17) is 23.9 Å². The van der Waals surface area contributed by atoms with Crippen molar-refractivity contribution in [3.8, 4) is 17.0 Å². The molecule has 0 unspecified atom stereocenters. The van der Waals surface area contributed by atoms with Gasteiger partial charge in [0.25, 0.3) is 0 Å². The summed E-state index contributed by atoms with van der Waals surface area (Å²) < 4.78 is 17.2. The molecule has 0 spiro atoms. The third kappa shape index (κ3) is 4.39. The highest BCUT2D eigenvalue weighted by Gasteiger charge is 2.40. The highest BCUT2D eigenvalue weighted by atomic mass is 16.5. The molecule has 0 atom stereocenters. The number of methoxy groups -OCH3 is 1. The maximum absolute atomic E-state index is 5.93. The van der Waals surface area contributed by atoms with E-state index in [2.05, 4.69) is 27.1 Å². The van der Waals surface area contributed by atoms with Crippen LogP contribution in [0.4, 0.5) is 17.5 Å². The Bertz CT molecular complexity index is 1390. The van der Waals surface area contributed by atoms with Crippen molar-refractivity contribution in [2.45, 2.75) is 40.2 Å². The van der Waals surface area contributed by atoms with Crippen molar-refractivity contribution in [3.63, 3.8) is 0 Å². The molecule has 0 radical (unpaired) electrons. The number of benzene rings is 1. The van der Waals surface area contributed by atoms with Gasteiger partial charge in [0.1, 0.15) is 22.7 Å². The van der Waals surface area contributed by atoms with E-state index < -0.39 is 0 Å². The summed E-state index contributed by atoms with van der Waals surface area (Å²) >= 11 is 0. The van der Waals surface area contributed by atoms with E-state index in [1.165, 1.54) is 0 Å². The lowest BCUT2D eigenvalue weighted by atomic mass is 9.96. The molecular weight excluding hydrogens is 444 g/mol. The number of pyridine rings is 1. The van der Waals surface area contributed by atoms with Crippen molar-refractivity contribution in [2.24, 2.45) is 0 Å². The Labute approximate surface area is 204 Å². The number of ether oxygens (including phenoxy) is 2. The van der Waals surface area contributed by atoms with Gasteiger partial charge < -0.3 is 24.1 Å². The van der Waals surface area contributed by atoms with Gasteiger partial charge in [-0.1, -0.05) is 6.07 Å². The zero-order valence-corrected chi connectivity index (χ0v) is 21.0. The fraction of sp³-hybridized carbons (Fsp3) is 0.385. The Hall–Kier alpha value is -3.72. The molecule has 182 valence electrons. The molecular formula is C26H30N6O3. The average Bonchev–Trinajstić information content (AvgIpc) is 3.15. The number of nitrogens with one attached hydrogen (secondary N) is 1. The highest BCUT2D eigenvalue weighted by Crippen LogP contribution is 2.36. The van der Waals surface area contributed by atoms with Crippen LogP contribution in [0, 0.1) is 20.8 Å². The standard InChI is InChI=1S/C26H30N6O3/c1-7-34-21-11-18(22-16(3)35-17(4)29-22)8-9-20(21)30-25-27-12-19-10-15(2)28-24(23(19)31-25)32-13-26(5,14-32)33-6/h8-12H,7,13-14H2,1-6H3,(H,27,30,31). The first kappa shape index (κ1) is 23.0. The summed E-state index contributed by atoms with van der Waals surface area (Å²) in [4.78, 5) is 20.9. The van der Waals surface area contributed by atoms with Crippen LogP contribution in [0.2, 0.25) is 0 Å². The van der Waals surface area contributed by atoms with Gasteiger partial charge in [-0.3, -0.25) is 0 Å². The minimum atomic E-state index is -0.166. The third-order valence-electron chi connectivity index (χ3n) is 6.22. The third-order valence-corrected chi connectivity index (χ3v) is 6.22. The molecule has 4 heterocycles. The maximum Gasteiger partial charge on any atom is 0.227 e. The van der Waals surface area contributed by atoms with Crippen LogP contribution in [0.25, 0.3) is 22.2 Å². The zero-order valence-electron chi connectivity index (χ0n) is 21.0. The summed E-state index contributed by atoms with van der Waals surface area (Å²) in [6.07, 6.45) is 1.83. The van der Waals surface area contributed by atoms with E-state index in [9.17, 15) is 0 Å². The molecule has 9 nitrogen and oxygen atoms in total. The molecule has 5 rings (SSSR count). The quantitative estimate of drug-likeness (QED) is 0.398. The van der Waals surface area contributed by atoms with Gasteiger partial charge >= 0.3 is 0 Å². The molecule has 3 aromatic heterocycles. The number of oxazole rings is 1. The topological polar surface area (TPSA) is 98.4 Å². The number of hydrogen-bond acceptors (Lipinski definition) is 9. The van der Waals surface area contributed by atoms with Crippen LogP contribution < -0.4 is 15.0 Å². The molecule has 0 saturated carbocycles. The minimum absolute atomic E-state index is 0.166. The molecule has 0 aliphatic carbocycles. The van der Waals surface area contributed by atoms with Crippen LogP contribution in [-0.4, -0.2) is 52.3 Å². The van der Waals surface area contributed by atoms with Gasteiger partial charge in [-0.2, -0.15) is 0 Å². The van der Waals surface area contributed by atoms with E-state index in [1.807, 2.05) is 58.2 Å². The molecule has 1 N–H and O–H groups in total. The van der Waals surface area contributed by atoms with Gasteiger partial charge in [0.05, 0.1) is 31.0 Å². The van der Waals surface area contributed by atoms with Crippen molar-refractivity contribution in [1.29, 1.82) is 0 Å². The molecule has 1 saturated heterocycles. The number of aromatic nitrogens is 4. The number of fused-ring (bicyclic) bond motifs is 1. The van der Waals surface area contributed by atoms with E-state index >= 15 is 0 Å². The Morgan fingerprint density at radius 1 is 1.11 bits per heavy atom. The van der Waals surface area contributed by atoms with Crippen LogP contribution in [0.3, 0.4) is 0 Å². The van der Waals surface area contributed by atoms with Crippen molar-refractivity contribution in [1.82, 2.24) is 19.9 Å². The fourth-order valence-electron chi connectivity index (χ4n) is 4.44. The van der Waals surface area contributed by atoms with E-state index in [0.717, 1.165) is 58.2 Å². The van der Waals surface area contributed by atoms with Crippen LogP contribution in [-0.2, 0) is 4.74 Å². The summed E-state index contributed by atoms with van der Waals surface area (Å²) in [6.45, 7) is 11.8. The Kier molecular flexibility index (Phi) is 5.80. The second-order valence-electron chi connectivity index (χ2n) is 9.14. The van der Waals surface area contributed by atoms with Crippen LogP contribution >= 0.6 is 0 Å². The van der Waals surface area contributed by atoms with Gasteiger partial charge in [0.15, 0.2) is 11.7 Å². The summed E-state index contributed by atoms with van der Waals surface area (Å²) in [6, 6.07) is 7.89. The lowest BCUT2D eigenvalue weighted by molar-refractivity contribution is -0.0170. The lowest BCUT2D eigenvalue weighted by Crippen LogP contribution is -2.61. The minimum Gasteiger partial charge on any atom is -0.492 e. The first-order valence-electron chi connectivity index (χ1n) is 11.7. The first-order valence-corrected chi connectivity index (χ1v) is 11.7. The van der Waals surface area contributed by atoms with Crippen LogP contribution in [0.5, 0.6) is 5.75 Å². The SMILES string of the molecule is CCOc1cc(-c2nc(C)oc2C)ccc1Nc1ncc2cc(C)nc(N3CC(C)(OC)C3)c2n1. The smallest absolute Gasteiger partial charge is 0.227 e. The van der Waals surface area contributed by atoms with Gasteiger partial charge in [0, 0.05) is 36.9 Å². The largest absolute Gasteiger partial charge is 0.492 e. The molecule has 9 heteroatoms. The van der Waals surface area contributed by atoms with Crippen molar-refractivity contribution in [2.75, 3.05) is 37.0 Å². The molecule has 1 fully saturated rings. The monoisotopic (exact) mass is 474 g/mol. The van der Waals surface area contributed by atoms with Crippen LogP contribution in [0.1, 0.15) is 31.2 Å². The van der Waals surface area contributed by atoms with Gasteiger partial charge in [-0.05, 0) is 45.9 Å². The normalized spacial score (nSPS) is 14.7. The van der Waals surface area contributed by atoms with Gasteiger partial charge in [-0.25, -0.2) is 19.9 Å². The fourth-order valence-corrected chi connectivity index (χ4v) is 4.44. The van der Waals surface area contributed by atoms with E-state index in [-0.39, 0.29) is 5.60 Å². The summed E-state index contributed by atoms with van der Waals surface area (Å²) in [5.41, 5.74) is 4.06. The molecule has 0 bridgehead atoms. The second-order valence-corrected chi connectivity index (χ2v) is 9.14. The summed E-state index contributed by atoms with van der Waals surface area (Å²) in [7, 11) is 1.75. The number of anilines is 3. The van der Waals surface area contributed by atoms with E-state index in [1.54, 1.807) is 7.11 Å². The van der Waals surface area contributed by atoms with Gasteiger partial charge in [0.2, 0.25) is 5.95 Å². The highest BCUT2D eigenvalue weighted by molar-refractivity contribution is 5.90. The molecule has 4 aromatic rings. The predicted molar refractivity (Wildman–Crippen MR) is 136 cm³/mol. The summed E-state index contributed by atoms with van der Waals surface area (Å²) in [5.74, 6) is 3.41. The Morgan fingerprint density at radius 2 is 1.91 bits per heavy atom. The first-order chi connectivity index (χ1) is 16.8.